The van der Waals surface area contributed by atoms with Crippen LogP contribution in [0.3, 0.4) is 0 Å². The lowest BCUT2D eigenvalue weighted by Crippen LogP contribution is -2.28. The van der Waals surface area contributed by atoms with Crippen LogP contribution in [0, 0.1) is 11.8 Å². The van der Waals surface area contributed by atoms with Gasteiger partial charge in [-0.1, -0.05) is 32.3 Å². The van der Waals surface area contributed by atoms with Crippen molar-refractivity contribution in [2.75, 3.05) is 24.7 Å². The quantitative estimate of drug-likeness (QED) is 0.321. The third kappa shape index (κ3) is 7.61. The van der Waals surface area contributed by atoms with Crippen molar-refractivity contribution in [1.82, 2.24) is 0 Å². The monoisotopic (exact) mass is 384 g/mol. The average Bonchev–Trinajstić information content (AvgIpc) is 3.22. The van der Waals surface area contributed by atoms with Crippen molar-refractivity contribution in [3.63, 3.8) is 0 Å². The smallest absolute Gasteiger partial charge is 0.327 e. The van der Waals surface area contributed by atoms with Crippen molar-refractivity contribution in [3.05, 3.63) is 12.2 Å². The molecule has 0 aromatic carbocycles. The molecule has 0 aromatic rings. The molecule has 2 fully saturated rings. The van der Waals surface area contributed by atoms with Gasteiger partial charge < -0.3 is 14.6 Å². The van der Waals surface area contributed by atoms with Gasteiger partial charge in [0.25, 0.3) is 0 Å². The first-order chi connectivity index (χ1) is 12.7. The summed E-state index contributed by atoms with van der Waals surface area (Å²) < 4.78 is 12.1. The maximum Gasteiger partial charge on any atom is 0.327 e. The normalized spacial score (nSPS) is 27.6. The topological polar surface area (TPSA) is 55.8 Å². The molecule has 0 aromatic heterocycles. The standard InChI is InChI=1S/C21H36O4S/c1-2-3-4-6-13-24-14-11-17-18(20-10-9-19(17)25-20)12-16-26-15-7-5-8-21(22)23/h5,8,17-20H,2-4,6-7,9-16H2,1H3,(H,22,23)/t17-,18+,19-,20+/m0/s1. The van der Waals surface area contributed by atoms with Crippen molar-refractivity contribution < 1.29 is 19.4 Å². The van der Waals surface area contributed by atoms with E-state index in [0.717, 1.165) is 37.6 Å². The molecule has 0 unspecified atom stereocenters. The predicted molar refractivity (Wildman–Crippen MR) is 108 cm³/mol. The number of unbranched alkanes of at least 4 members (excludes halogenated alkanes) is 3. The molecule has 0 radical (unpaired) electrons. The summed E-state index contributed by atoms with van der Waals surface area (Å²) in [4.78, 5) is 10.4. The number of hydrogen-bond acceptors (Lipinski definition) is 4. The highest BCUT2D eigenvalue weighted by atomic mass is 32.2. The van der Waals surface area contributed by atoms with Crippen LogP contribution in [-0.2, 0) is 14.3 Å². The number of aliphatic carboxylic acids is 1. The molecule has 4 nitrogen and oxygen atoms in total. The fraction of sp³-hybridized carbons (Fsp3) is 0.857. The molecule has 0 aliphatic carbocycles. The van der Waals surface area contributed by atoms with Crippen LogP contribution in [0.15, 0.2) is 12.2 Å². The van der Waals surface area contributed by atoms with Crippen LogP contribution >= 0.6 is 11.8 Å². The SMILES string of the molecule is CCCCCCOCC[C@H]1[C@@H](CCSCCC=CC(=O)O)[C@H]2CC[C@@H]1O2. The van der Waals surface area contributed by atoms with Crippen LogP contribution in [0.25, 0.3) is 0 Å². The van der Waals surface area contributed by atoms with E-state index in [1.165, 1.54) is 51.0 Å². The first-order valence-electron chi connectivity index (χ1n) is 10.4. The van der Waals surface area contributed by atoms with E-state index in [1.54, 1.807) is 6.08 Å². The van der Waals surface area contributed by atoms with Gasteiger partial charge in [0.05, 0.1) is 12.2 Å². The van der Waals surface area contributed by atoms with Gasteiger partial charge in [-0.15, -0.1) is 0 Å². The molecule has 5 heteroatoms. The summed E-state index contributed by atoms with van der Waals surface area (Å²) in [6.07, 6.45) is 14.7. The average molecular weight is 385 g/mol. The molecule has 2 heterocycles. The second-order valence-electron chi connectivity index (χ2n) is 7.51. The van der Waals surface area contributed by atoms with Crippen LogP contribution in [0.1, 0.15) is 64.7 Å². The fourth-order valence-corrected chi connectivity index (χ4v) is 5.23. The summed E-state index contributed by atoms with van der Waals surface area (Å²) in [5, 5.41) is 8.57. The zero-order chi connectivity index (χ0) is 18.6. The first-order valence-corrected chi connectivity index (χ1v) is 11.6. The van der Waals surface area contributed by atoms with Crippen LogP contribution in [0.4, 0.5) is 0 Å². The molecule has 2 aliphatic rings. The van der Waals surface area contributed by atoms with E-state index in [9.17, 15) is 4.79 Å². The molecule has 26 heavy (non-hydrogen) atoms. The van der Waals surface area contributed by atoms with E-state index in [1.807, 2.05) is 11.8 Å². The fourth-order valence-electron chi connectivity index (χ4n) is 4.28. The Hall–Kier alpha value is -0.520. The third-order valence-corrected chi connectivity index (χ3v) is 6.66. The maximum atomic E-state index is 10.4. The lowest BCUT2D eigenvalue weighted by Gasteiger charge is -2.28. The Balaban J connectivity index is 1.58. The molecule has 2 rings (SSSR count). The number of thioether (sulfide) groups is 1. The summed E-state index contributed by atoms with van der Waals surface area (Å²) in [6, 6.07) is 0. The van der Waals surface area contributed by atoms with E-state index >= 15 is 0 Å². The lowest BCUT2D eigenvalue weighted by molar-refractivity contribution is -0.131. The number of fused-ring (bicyclic) bond motifs is 2. The molecule has 0 spiro atoms. The van der Waals surface area contributed by atoms with Gasteiger partial charge in [0.1, 0.15) is 0 Å². The van der Waals surface area contributed by atoms with E-state index in [0.29, 0.717) is 24.0 Å². The number of carbonyl (C=O) groups is 1. The van der Waals surface area contributed by atoms with E-state index in [4.69, 9.17) is 14.6 Å². The molecular weight excluding hydrogens is 348 g/mol. The Kier molecular flexibility index (Phi) is 10.7. The molecule has 0 amide bonds. The molecule has 4 atom stereocenters. The van der Waals surface area contributed by atoms with Gasteiger partial charge in [-0.3, -0.25) is 0 Å². The molecule has 1 N–H and O–H groups in total. The van der Waals surface area contributed by atoms with Crippen LogP contribution in [0.5, 0.6) is 0 Å². The van der Waals surface area contributed by atoms with Gasteiger partial charge in [0.2, 0.25) is 0 Å². The molecule has 2 bridgehead atoms. The maximum absolute atomic E-state index is 10.4. The van der Waals surface area contributed by atoms with Crippen LogP contribution in [-0.4, -0.2) is 48.0 Å². The van der Waals surface area contributed by atoms with Crippen LogP contribution < -0.4 is 0 Å². The van der Waals surface area contributed by atoms with E-state index < -0.39 is 5.97 Å². The van der Waals surface area contributed by atoms with Gasteiger partial charge in [0, 0.05) is 19.3 Å². The van der Waals surface area contributed by atoms with Crippen molar-refractivity contribution in [3.8, 4) is 0 Å². The third-order valence-electron chi connectivity index (χ3n) is 5.61. The Morgan fingerprint density at radius 1 is 1.12 bits per heavy atom. The van der Waals surface area contributed by atoms with E-state index in [-0.39, 0.29) is 0 Å². The molecule has 2 aliphatic heterocycles. The van der Waals surface area contributed by atoms with Gasteiger partial charge in [-0.25, -0.2) is 4.79 Å². The summed E-state index contributed by atoms with van der Waals surface area (Å²) in [5.74, 6) is 2.66. The van der Waals surface area contributed by atoms with E-state index in [2.05, 4.69) is 6.92 Å². The zero-order valence-electron chi connectivity index (χ0n) is 16.2. The number of carboxylic acid groups (broad SMARTS) is 1. The summed E-state index contributed by atoms with van der Waals surface area (Å²) in [5.41, 5.74) is 0. The van der Waals surface area contributed by atoms with Crippen molar-refractivity contribution in [2.24, 2.45) is 11.8 Å². The minimum atomic E-state index is -0.857. The first kappa shape index (κ1) is 21.8. The Labute approximate surface area is 163 Å². The molecule has 0 saturated carbocycles. The summed E-state index contributed by atoms with van der Waals surface area (Å²) in [7, 11) is 0. The van der Waals surface area contributed by atoms with Crippen LogP contribution in [0.2, 0.25) is 0 Å². The highest BCUT2D eigenvalue weighted by Gasteiger charge is 2.47. The summed E-state index contributed by atoms with van der Waals surface area (Å²) >= 11 is 1.93. The number of hydrogen-bond donors (Lipinski definition) is 1. The highest BCUT2D eigenvalue weighted by Crippen LogP contribution is 2.46. The second kappa shape index (κ2) is 12.8. The minimum absolute atomic E-state index is 0.470. The largest absolute Gasteiger partial charge is 0.478 e. The van der Waals surface area contributed by atoms with Gasteiger partial charge in [-0.05, 0) is 61.9 Å². The lowest BCUT2D eigenvalue weighted by atomic mass is 9.76. The Morgan fingerprint density at radius 3 is 2.62 bits per heavy atom. The predicted octanol–water partition coefficient (Wildman–Crippen LogP) is 4.92. The van der Waals surface area contributed by atoms with Gasteiger partial charge in [-0.2, -0.15) is 11.8 Å². The zero-order valence-corrected chi connectivity index (χ0v) is 17.1. The minimum Gasteiger partial charge on any atom is -0.478 e. The van der Waals surface area contributed by atoms with Gasteiger partial charge in [0.15, 0.2) is 0 Å². The number of ether oxygens (including phenoxy) is 2. The Bertz CT molecular complexity index is 426. The van der Waals surface area contributed by atoms with Gasteiger partial charge >= 0.3 is 5.97 Å². The number of carboxylic acids is 1. The van der Waals surface area contributed by atoms with Crippen molar-refractivity contribution in [1.29, 1.82) is 0 Å². The number of allylic oxidation sites excluding steroid dienone is 1. The molecule has 2 saturated heterocycles. The Morgan fingerprint density at radius 2 is 1.88 bits per heavy atom. The van der Waals surface area contributed by atoms with Crippen molar-refractivity contribution in [2.45, 2.75) is 76.9 Å². The molecule has 150 valence electrons. The van der Waals surface area contributed by atoms with Crippen molar-refractivity contribution >= 4 is 17.7 Å². The highest BCUT2D eigenvalue weighted by molar-refractivity contribution is 7.99. The summed E-state index contributed by atoms with van der Waals surface area (Å²) in [6.45, 7) is 4.03. The number of rotatable bonds is 15. The second-order valence-corrected chi connectivity index (χ2v) is 8.73. The molecular formula is C21H36O4S.